The fraction of sp³-hybridized carbons (Fsp3) is 0.375. The number of carbonyl (C=O) groups is 3. The molecule has 0 saturated heterocycles. The van der Waals surface area contributed by atoms with E-state index in [1.54, 1.807) is 42.5 Å². The summed E-state index contributed by atoms with van der Waals surface area (Å²) in [5, 5.41) is 8.33. The van der Waals surface area contributed by atoms with Crippen molar-refractivity contribution in [3.8, 4) is 11.5 Å². The molecular formula is C24H31N3O5. The highest BCUT2D eigenvalue weighted by molar-refractivity contribution is 5.98. The molecule has 0 radical (unpaired) electrons. The van der Waals surface area contributed by atoms with E-state index in [9.17, 15) is 14.4 Å². The molecule has 0 aliphatic heterocycles. The van der Waals surface area contributed by atoms with E-state index in [1.807, 2.05) is 27.7 Å². The zero-order chi connectivity index (χ0) is 23.7. The molecule has 8 heteroatoms. The number of amides is 3. The molecule has 0 saturated carbocycles. The summed E-state index contributed by atoms with van der Waals surface area (Å²) in [6.45, 7) is 7.99. The van der Waals surface area contributed by atoms with Gasteiger partial charge in [0.2, 0.25) is 5.91 Å². The zero-order valence-corrected chi connectivity index (χ0v) is 19.2. The number of nitrogens with one attached hydrogen (secondary N) is 3. The van der Waals surface area contributed by atoms with Crippen LogP contribution in [0.3, 0.4) is 0 Å². The van der Waals surface area contributed by atoms with Crippen LogP contribution in [0.25, 0.3) is 0 Å². The maximum Gasteiger partial charge on any atom is 0.257 e. The molecule has 32 heavy (non-hydrogen) atoms. The second kappa shape index (κ2) is 11.2. The van der Waals surface area contributed by atoms with Crippen molar-refractivity contribution >= 4 is 23.4 Å². The lowest BCUT2D eigenvalue weighted by Gasteiger charge is -2.18. The van der Waals surface area contributed by atoms with E-state index < -0.39 is 5.41 Å². The SMILES string of the molecule is CCNC(=O)COc1ccc(CNC(=O)c2cccc(NC(=O)C(C)(C)C)c2)cc1OC. The fourth-order valence-corrected chi connectivity index (χ4v) is 2.67. The van der Waals surface area contributed by atoms with Crippen molar-refractivity contribution in [2.75, 3.05) is 25.6 Å². The van der Waals surface area contributed by atoms with Gasteiger partial charge in [0.25, 0.3) is 11.8 Å². The number of rotatable bonds is 9. The molecule has 0 atom stereocenters. The number of likely N-dealkylation sites (N-methyl/N-ethyl adjacent to an activating group) is 1. The van der Waals surface area contributed by atoms with Crippen LogP contribution in [-0.2, 0) is 16.1 Å². The minimum absolute atomic E-state index is 0.109. The molecule has 0 unspecified atom stereocenters. The van der Waals surface area contributed by atoms with E-state index in [2.05, 4.69) is 16.0 Å². The number of methoxy groups -OCH3 is 1. The van der Waals surface area contributed by atoms with Gasteiger partial charge in [-0.1, -0.05) is 32.9 Å². The van der Waals surface area contributed by atoms with Gasteiger partial charge in [-0.15, -0.1) is 0 Å². The van der Waals surface area contributed by atoms with Crippen molar-refractivity contribution in [1.82, 2.24) is 10.6 Å². The summed E-state index contributed by atoms with van der Waals surface area (Å²) >= 11 is 0. The molecule has 2 rings (SSSR count). The van der Waals surface area contributed by atoms with Gasteiger partial charge in [-0.05, 0) is 42.8 Å². The first-order chi connectivity index (χ1) is 15.1. The predicted molar refractivity (Wildman–Crippen MR) is 123 cm³/mol. The molecule has 0 fully saturated rings. The first kappa shape index (κ1) is 24.7. The molecule has 0 aromatic heterocycles. The van der Waals surface area contributed by atoms with Crippen LogP contribution in [0, 0.1) is 5.41 Å². The Bertz CT molecular complexity index is 966. The molecule has 0 aliphatic carbocycles. The van der Waals surface area contributed by atoms with Gasteiger partial charge in [-0.25, -0.2) is 0 Å². The molecule has 0 heterocycles. The van der Waals surface area contributed by atoms with Crippen LogP contribution in [0.2, 0.25) is 0 Å². The van der Waals surface area contributed by atoms with Gasteiger partial charge in [0.15, 0.2) is 18.1 Å². The summed E-state index contributed by atoms with van der Waals surface area (Å²) in [6, 6.07) is 12.0. The summed E-state index contributed by atoms with van der Waals surface area (Å²) in [6.07, 6.45) is 0. The number of anilines is 1. The summed E-state index contributed by atoms with van der Waals surface area (Å²) < 4.78 is 10.8. The van der Waals surface area contributed by atoms with Crippen molar-refractivity contribution in [3.05, 3.63) is 53.6 Å². The Morgan fingerprint density at radius 1 is 0.969 bits per heavy atom. The largest absolute Gasteiger partial charge is 0.493 e. The predicted octanol–water partition coefficient (Wildman–Crippen LogP) is 3.12. The minimum atomic E-state index is -0.535. The Hall–Kier alpha value is -3.55. The van der Waals surface area contributed by atoms with Gasteiger partial charge in [-0.2, -0.15) is 0 Å². The molecule has 3 amide bonds. The van der Waals surface area contributed by atoms with Crippen LogP contribution in [0.1, 0.15) is 43.6 Å². The number of hydrogen-bond donors (Lipinski definition) is 3. The molecule has 0 spiro atoms. The van der Waals surface area contributed by atoms with Crippen LogP contribution in [0.5, 0.6) is 11.5 Å². The van der Waals surface area contributed by atoms with Crippen LogP contribution in [0.4, 0.5) is 5.69 Å². The average molecular weight is 442 g/mol. The van der Waals surface area contributed by atoms with E-state index in [-0.39, 0.29) is 30.9 Å². The van der Waals surface area contributed by atoms with Crippen LogP contribution in [0.15, 0.2) is 42.5 Å². The van der Waals surface area contributed by atoms with E-state index in [0.717, 1.165) is 5.56 Å². The van der Waals surface area contributed by atoms with Gasteiger partial charge in [0, 0.05) is 29.8 Å². The second-order valence-electron chi connectivity index (χ2n) is 8.19. The van der Waals surface area contributed by atoms with Crippen molar-refractivity contribution in [3.63, 3.8) is 0 Å². The summed E-state index contributed by atoms with van der Waals surface area (Å²) in [5.41, 5.74) is 1.27. The number of hydrogen-bond acceptors (Lipinski definition) is 5. The molecule has 0 aliphatic rings. The fourth-order valence-electron chi connectivity index (χ4n) is 2.67. The molecule has 8 nitrogen and oxygen atoms in total. The van der Waals surface area contributed by atoms with E-state index in [0.29, 0.717) is 29.3 Å². The van der Waals surface area contributed by atoms with E-state index in [4.69, 9.17) is 9.47 Å². The molecule has 2 aromatic carbocycles. The molecule has 3 N–H and O–H groups in total. The Labute approximate surface area is 188 Å². The van der Waals surface area contributed by atoms with Crippen molar-refractivity contribution in [2.24, 2.45) is 5.41 Å². The molecular weight excluding hydrogens is 410 g/mol. The Balaban J connectivity index is 2.00. The minimum Gasteiger partial charge on any atom is -0.493 e. The van der Waals surface area contributed by atoms with E-state index >= 15 is 0 Å². The smallest absolute Gasteiger partial charge is 0.257 e. The molecule has 0 bridgehead atoms. The number of ether oxygens (including phenoxy) is 2. The van der Waals surface area contributed by atoms with Gasteiger partial charge in [-0.3, -0.25) is 14.4 Å². The lowest BCUT2D eigenvalue weighted by atomic mass is 9.95. The lowest BCUT2D eigenvalue weighted by Crippen LogP contribution is -2.28. The first-order valence-electron chi connectivity index (χ1n) is 10.4. The third kappa shape index (κ3) is 7.30. The summed E-state index contributed by atoms with van der Waals surface area (Å²) in [4.78, 5) is 36.3. The van der Waals surface area contributed by atoms with Crippen molar-refractivity contribution < 1.29 is 23.9 Å². The maximum absolute atomic E-state index is 12.6. The zero-order valence-electron chi connectivity index (χ0n) is 19.2. The Morgan fingerprint density at radius 3 is 2.38 bits per heavy atom. The summed E-state index contributed by atoms with van der Waals surface area (Å²) in [7, 11) is 1.51. The molecule has 172 valence electrons. The highest BCUT2D eigenvalue weighted by atomic mass is 16.5. The standard InChI is InChI=1S/C24H31N3O5/c1-6-25-21(28)15-32-19-11-10-16(12-20(19)31-5)14-26-22(29)17-8-7-9-18(13-17)27-23(30)24(2,3)4/h7-13H,6,14-15H2,1-5H3,(H,25,28)(H,26,29)(H,27,30). The number of benzene rings is 2. The topological polar surface area (TPSA) is 106 Å². The molecule has 2 aromatic rings. The van der Waals surface area contributed by atoms with Crippen molar-refractivity contribution in [1.29, 1.82) is 0 Å². The summed E-state index contributed by atoms with van der Waals surface area (Å²) in [5.74, 6) is 0.292. The second-order valence-corrected chi connectivity index (χ2v) is 8.19. The highest BCUT2D eigenvalue weighted by Gasteiger charge is 2.21. The normalized spacial score (nSPS) is 10.8. The van der Waals surface area contributed by atoms with Gasteiger partial charge < -0.3 is 25.4 Å². The average Bonchev–Trinajstić information content (AvgIpc) is 2.76. The van der Waals surface area contributed by atoms with Gasteiger partial charge in [0.1, 0.15) is 0 Å². The Kier molecular flexibility index (Phi) is 8.63. The maximum atomic E-state index is 12.6. The van der Waals surface area contributed by atoms with Crippen LogP contribution < -0.4 is 25.4 Å². The monoisotopic (exact) mass is 441 g/mol. The van der Waals surface area contributed by atoms with Gasteiger partial charge in [0.05, 0.1) is 7.11 Å². The third-order valence-corrected chi connectivity index (χ3v) is 4.48. The third-order valence-electron chi connectivity index (χ3n) is 4.48. The lowest BCUT2D eigenvalue weighted by molar-refractivity contribution is -0.123. The quantitative estimate of drug-likeness (QED) is 0.554. The number of carbonyl (C=O) groups excluding carboxylic acids is 3. The highest BCUT2D eigenvalue weighted by Crippen LogP contribution is 2.28. The van der Waals surface area contributed by atoms with Crippen LogP contribution >= 0.6 is 0 Å². The van der Waals surface area contributed by atoms with Crippen molar-refractivity contribution in [2.45, 2.75) is 34.2 Å². The van der Waals surface area contributed by atoms with E-state index in [1.165, 1.54) is 7.11 Å². The van der Waals surface area contributed by atoms with Gasteiger partial charge >= 0.3 is 0 Å². The first-order valence-corrected chi connectivity index (χ1v) is 10.4. The van der Waals surface area contributed by atoms with Crippen LogP contribution in [-0.4, -0.2) is 38.0 Å². The Morgan fingerprint density at radius 2 is 1.72 bits per heavy atom.